The van der Waals surface area contributed by atoms with Crippen molar-refractivity contribution in [2.75, 3.05) is 5.32 Å². The Kier molecular flexibility index (Phi) is 8.98. The van der Waals surface area contributed by atoms with Gasteiger partial charge in [0.25, 0.3) is 5.91 Å². The second-order valence-corrected chi connectivity index (χ2v) is 15.1. The number of benzene rings is 4. The van der Waals surface area contributed by atoms with E-state index in [4.69, 9.17) is 0 Å². The van der Waals surface area contributed by atoms with E-state index < -0.39 is 60.9 Å². The molecule has 244 valence electrons. The summed E-state index contributed by atoms with van der Waals surface area (Å²) < 4.78 is 69.2. The first-order valence-corrected chi connectivity index (χ1v) is 15.8. The first-order valence-electron chi connectivity index (χ1n) is 14.3. The van der Waals surface area contributed by atoms with Crippen LogP contribution in [-0.4, -0.2) is 29.6 Å². The molecule has 0 atom stereocenters. The summed E-state index contributed by atoms with van der Waals surface area (Å²) >= 11 is 0. The van der Waals surface area contributed by atoms with Gasteiger partial charge in [0.05, 0.1) is 20.9 Å². The van der Waals surface area contributed by atoms with Crippen molar-refractivity contribution in [3.8, 4) is 17.2 Å². The molecule has 4 aromatic rings. The molecule has 7 nitrogen and oxygen atoms in total. The molecule has 0 radical (unpaired) electrons. The minimum absolute atomic E-state index is 0.0614. The number of rotatable bonds is 6. The van der Waals surface area contributed by atoms with E-state index in [9.17, 15) is 41.7 Å². The molecule has 0 fully saturated rings. The Bertz CT molecular complexity index is 1890. The van der Waals surface area contributed by atoms with Crippen LogP contribution in [0, 0.1) is 0 Å². The van der Waals surface area contributed by atoms with E-state index in [1.165, 1.54) is 12.1 Å². The minimum atomic E-state index is -5.11. The van der Waals surface area contributed by atoms with E-state index in [1.54, 1.807) is 12.1 Å². The number of amides is 1. The highest BCUT2D eigenvalue weighted by Crippen LogP contribution is 2.42. The lowest BCUT2D eigenvalue weighted by molar-refractivity contribution is -0.139. The summed E-state index contributed by atoms with van der Waals surface area (Å²) in [5, 5.41) is 33.5. The van der Waals surface area contributed by atoms with Crippen molar-refractivity contribution in [3.63, 3.8) is 0 Å². The standard InChI is InChI=1S/C35H36F3NO6S/c1-33(2,3)22-9-7-20(8-10-22)17-21-18-26(30(41)31(42)29(21)40)32(43)39-24-13-16-28(27(19-24)35(36,37)38)46(44,45)25-14-11-23(12-15-25)34(4,5)6/h7-16,18-19,40-42H,17H2,1-6H3,(H,39,43). The summed E-state index contributed by atoms with van der Waals surface area (Å²) in [6.07, 6.45) is -5.05. The largest absolute Gasteiger partial charge is 0.504 e. The van der Waals surface area contributed by atoms with Gasteiger partial charge in [-0.2, -0.15) is 13.2 Å². The van der Waals surface area contributed by atoms with Crippen LogP contribution in [0.3, 0.4) is 0 Å². The Morgan fingerprint density at radius 3 is 1.74 bits per heavy atom. The number of anilines is 1. The number of halogens is 3. The van der Waals surface area contributed by atoms with Gasteiger partial charge in [-0.1, -0.05) is 77.9 Å². The zero-order valence-electron chi connectivity index (χ0n) is 26.2. The molecule has 0 spiro atoms. The normalized spacial score (nSPS) is 12.6. The molecule has 0 saturated carbocycles. The Morgan fingerprint density at radius 1 is 0.717 bits per heavy atom. The van der Waals surface area contributed by atoms with Crippen molar-refractivity contribution in [3.05, 3.63) is 106 Å². The highest BCUT2D eigenvalue weighted by Gasteiger charge is 2.38. The fourth-order valence-electron chi connectivity index (χ4n) is 4.88. The number of phenolic OH excluding ortho intramolecular Hbond substituents is 3. The third-order valence-electron chi connectivity index (χ3n) is 7.65. The van der Waals surface area contributed by atoms with Gasteiger partial charge in [0.15, 0.2) is 11.5 Å². The van der Waals surface area contributed by atoms with Gasteiger partial charge in [-0.3, -0.25) is 4.79 Å². The number of nitrogens with one attached hydrogen (secondary N) is 1. The summed E-state index contributed by atoms with van der Waals surface area (Å²) in [5.41, 5.74) is -0.169. The molecule has 0 aliphatic heterocycles. The molecule has 0 aromatic heterocycles. The second kappa shape index (κ2) is 12.0. The average molecular weight is 656 g/mol. The maximum atomic E-state index is 14.2. The van der Waals surface area contributed by atoms with Crippen LogP contribution in [-0.2, 0) is 33.3 Å². The number of phenols is 3. The van der Waals surface area contributed by atoms with Crippen molar-refractivity contribution in [1.29, 1.82) is 0 Å². The number of alkyl halides is 3. The van der Waals surface area contributed by atoms with Gasteiger partial charge in [0, 0.05) is 17.7 Å². The lowest BCUT2D eigenvalue weighted by atomic mass is 9.86. The average Bonchev–Trinajstić information content (AvgIpc) is 2.96. The predicted molar refractivity (Wildman–Crippen MR) is 169 cm³/mol. The molecule has 46 heavy (non-hydrogen) atoms. The zero-order chi connectivity index (χ0) is 34.4. The highest BCUT2D eigenvalue weighted by atomic mass is 32.2. The van der Waals surface area contributed by atoms with Crippen LogP contribution in [0.1, 0.15) is 79.7 Å². The van der Waals surface area contributed by atoms with Crippen LogP contribution in [0.5, 0.6) is 17.2 Å². The second-order valence-electron chi connectivity index (χ2n) is 13.2. The van der Waals surface area contributed by atoms with Gasteiger partial charge in [-0.25, -0.2) is 8.42 Å². The van der Waals surface area contributed by atoms with Crippen LogP contribution in [0.15, 0.2) is 82.6 Å². The Hall–Kier alpha value is -4.51. The zero-order valence-corrected chi connectivity index (χ0v) is 27.1. The number of hydrogen-bond acceptors (Lipinski definition) is 6. The van der Waals surface area contributed by atoms with Crippen molar-refractivity contribution >= 4 is 21.4 Å². The van der Waals surface area contributed by atoms with Gasteiger partial charge in [0.2, 0.25) is 15.6 Å². The van der Waals surface area contributed by atoms with Gasteiger partial charge in [-0.15, -0.1) is 0 Å². The highest BCUT2D eigenvalue weighted by molar-refractivity contribution is 7.91. The van der Waals surface area contributed by atoms with Crippen molar-refractivity contribution in [2.24, 2.45) is 0 Å². The smallest absolute Gasteiger partial charge is 0.417 e. The number of hydrogen-bond donors (Lipinski definition) is 4. The van der Waals surface area contributed by atoms with Crippen LogP contribution in [0.4, 0.5) is 18.9 Å². The molecule has 11 heteroatoms. The fraction of sp³-hybridized carbons (Fsp3) is 0.286. The van der Waals surface area contributed by atoms with Gasteiger partial charge >= 0.3 is 6.18 Å². The van der Waals surface area contributed by atoms with E-state index >= 15 is 0 Å². The van der Waals surface area contributed by atoms with E-state index in [0.29, 0.717) is 6.07 Å². The van der Waals surface area contributed by atoms with E-state index in [2.05, 4.69) is 5.32 Å². The van der Waals surface area contributed by atoms with Crippen LogP contribution >= 0.6 is 0 Å². The first kappa shape index (κ1) is 34.4. The SMILES string of the molecule is CC(C)(C)c1ccc(Cc2cc(C(=O)Nc3ccc(S(=O)(=O)c4ccc(C(C)(C)C)cc4)c(C(F)(F)F)c3)c(O)c(O)c2O)cc1. The summed E-state index contributed by atoms with van der Waals surface area (Å²) in [5.74, 6) is -3.70. The Labute approximate surface area is 266 Å². The first-order chi connectivity index (χ1) is 21.1. The Morgan fingerprint density at radius 2 is 1.24 bits per heavy atom. The molecule has 0 unspecified atom stereocenters. The maximum Gasteiger partial charge on any atom is 0.417 e. The molecule has 4 rings (SSSR count). The van der Waals surface area contributed by atoms with E-state index in [0.717, 1.165) is 34.9 Å². The van der Waals surface area contributed by atoms with Crippen molar-refractivity contribution in [1.82, 2.24) is 0 Å². The maximum absolute atomic E-state index is 14.2. The van der Waals surface area contributed by atoms with E-state index in [1.807, 2.05) is 65.8 Å². The fourth-order valence-corrected chi connectivity index (χ4v) is 6.34. The third kappa shape index (κ3) is 7.14. The number of aromatic hydroxyl groups is 3. The molecule has 0 heterocycles. The third-order valence-corrected chi connectivity index (χ3v) is 9.48. The topological polar surface area (TPSA) is 124 Å². The molecular weight excluding hydrogens is 619 g/mol. The van der Waals surface area contributed by atoms with Crippen molar-refractivity contribution < 1.29 is 41.7 Å². The van der Waals surface area contributed by atoms with E-state index in [-0.39, 0.29) is 27.7 Å². The molecule has 0 aliphatic rings. The molecule has 1 amide bonds. The number of carbonyl (C=O) groups is 1. The van der Waals surface area contributed by atoms with Gasteiger partial charge < -0.3 is 20.6 Å². The molecule has 0 saturated heterocycles. The molecule has 4 aromatic carbocycles. The minimum Gasteiger partial charge on any atom is -0.504 e. The quantitative estimate of drug-likeness (QED) is 0.156. The number of carbonyl (C=O) groups excluding carboxylic acids is 1. The Balaban J connectivity index is 1.67. The summed E-state index contributed by atoms with van der Waals surface area (Å²) in [6, 6.07) is 16.4. The van der Waals surface area contributed by atoms with Crippen LogP contribution in [0.2, 0.25) is 0 Å². The molecular formula is C35H36F3NO6S. The monoisotopic (exact) mass is 655 g/mol. The van der Waals surface area contributed by atoms with Crippen molar-refractivity contribution in [2.45, 2.75) is 74.8 Å². The van der Waals surface area contributed by atoms with Crippen LogP contribution < -0.4 is 5.32 Å². The van der Waals surface area contributed by atoms with Gasteiger partial charge in [-0.05, 0) is 63.9 Å². The summed E-state index contributed by atoms with van der Waals surface area (Å²) in [6.45, 7) is 11.9. The summed E-state index contributed by atoms with van der Waals surface area (Å²) in [4.78, 5) is 11.9. The van der Waals surface area contributed by atoms with Crippen LogP contribution in [0.25, 0.3) is 0 Å². The molecule has 0 bridgehead atoms. The molecule has 4 N–H and O–H groups in total. The van der Waals surface area contributed by atoms with Gasteiger partial charge in [0.1, 0.15) is 0 Å². The predicted octanol–water partition coefficient (Wildman–Crippen LogP) is 8.09. The number of sulfone groups is 1. The molecule has 0 aliphatic carbocycles. The summed E-state index contributed by atoms with van der Waals surface area (Å²) in [7, 11) is -4.61. The lowest BCUT2D eigenvalue weighted by Gasteiger charge is -2.20. The lowest BCUT2D eigenvalue weighted by Crippen LogP contribution is -2.17.